The van der Waals surface area contributed by atoms with Gasteiger partial charge in [0, 0.05) is 42.6 Å². The number of carbonyl (C=O) groups excluding carboxylic acids is 2. The highest BCUT2D eigenvalue weighted by Crippen LogP contribution is 2.22. The van der Waals surface area contributed by atoms with E-state index in [9.17, 15) is 9.59 Å². The molecule has 2 aromatic heterocycles. The van der Waals surface area contributed by atoms with E-state index in [0.29, 0.717) is 31.6 Å². The Bertz CT molecular complexity index is 1030. The fourth-order valence-electron chi connectivity index (χ4n) is 3.72. The standard InChI is InChI=1S/C21H22N4O3/c1-28-21(27)25-9-7-16-15(13-25)10-22-12-18(16)20(26)23-8-6-14-11-24-19-5-3-2-4-17(14)19/h2-5,10-12,24H,6-9,13H2,1H3,(H,23,26). The highest BCUT2D eigenvalue weighted by Gasteiger charge is 2.25. The third-order valence-corrected chi connectivity index (χ3v) is 5.17. The molecule has 7 nitrogen and oxygen atoms in total. The molecule has 0 saturated carbocycles. The van der Waals surface area contributed by atoms with Gasteiger partial charge in [0.2, 0.25) is 0 Å². The van der Waals surface area contributed by atoms with Crippen LogP contribution in [0.25, 0.3) is 10.9 Å². The Balaban J connectivity index is 1.42. The minimum absolute atomic E-state index is 0.129. The predicted molar refractivity (Wildman–Crippen MR) is 105 cm³/mol. The van der Waals surface area contributed by atoms with Crippen LogP contribution in [-0.4, -0.2) is 47.1 Å². The summed E-state index contributed by atoms with van der Waals surface area (Å²) in [5, 5.41) is 4.18. The minimum atomic E-state index is -0.362. The van der Waals surface area contributed by atoms with Crippen LogP contribution in [0.5, 0.6) is 0 Å². The number of ether oxygens (including phenoxy) is 1. The molecule has 0 bridgehead atoms. The summed E-state index contributed by atoms with van der Waals surface area (Å²) in [5.74, 6) is -0.129. The molecule has 3 heterocycles. The molecule has 0 radical (unpaired) electrons. The summed E-state index contributed by atoms with van der Waals surface area (Å²) < 4.78 is 4.79. The first-order chi connectivity index (χ1) is 13.7. The second kappa shape index (κ2) is 7.72. The van der Waals surface area contributed by atoms with Gasteiger partial charge in [-0.1, -0.05) is 18.2 Å². The number of fused-ring (bicyclic) bond motifs is 2. The normalized spacial score (nSPS) is 13.2. The molecule has 7 heteroatoms. The number of methoxy groups -OCH3 is 1. The number of rotatable bonds is 4. The summed E-state index contributed by atoms with van der Waals surface area (Å²) in [6.45, 7) is 1.48. The largest absolute Gasteiger partial charge is 0.453 e. The number of aromatic nitrogens is 2. The average Bonchev–Trinajstić information content (AvgIpc) is 3.15. The fourth-order valence-corrected chi connectivity index (χ4v) is 3.72. The van der Waals surface area contributed by atoms with Crippen molar-refractivity contribution in [2.45, 2.75) is 19.4 Å². The van der Waals surface area contributed by atoms with Crippen molar-refractivity contribution < 1.29 is 14.3 Å². The Morgan fingerprint density at radius 3 is 3.00 bits per heavy atom. The van der Waals surface area contributed by atoms with Gasteiger partial charge < -0.3 is 19.9 Å². The molecule has 1 aliphatic rings. The molecule has 3 aromatic rings. The lowest BCUT2D eigenvalue weighted by atomic mass is 9.97. The molecule has 0 spiro atoms. The molecule has 0 unspecified atom stereocenters. The van der Waals surface area contributed by atoms with Gasteiger partial charge in [0.05, 0.1) is 19.2 Å². The zero-order valence-electron chi connectivity index (χ0n) is 15.7. The van der Waals surface area contributed by atoms with Gasteiger partial charge in [0.25, 0.3) is 5.91 Å². The summed E-state index contributed by atoms with van der Waals surface area (Å²) in [7, 11) is 1.37. The second-order valence-corrected chi connectivity index (χ2v) is 6.83. The van der Waals surface area contributed by atoms with Crippen molar-refractivity contribution in [2.75, 3.05) is 20.2 Å². The van der Waals surface area contributed by atoms with E-state index in [-0.39, 0.29) is 12.0 Å². The third kappa shape index (κ3) is 3.43. The van der Waals surface area contributed by atoms with E-state index in [1.165, 1.54) is 18.1 Å². The van der Waals surface area contributed by atoms with Crippen LogP contribution in [0, 0.1) is 0 Å². The second-order valence-electron chi connectivity index (χ2n) is 6.83. The molecule has 0 atom stereocenters. The maximum absolute atomic E-state index is 12.7. The fraction of sp³-hybridized carbons (Fsp3) is 0.286. The molecule has 28 heavy (non-hydrogen) atoms. The van der Waals surface area contributed by atoms with Crippen molar-refractivity contribution in [1.82, 2.24) is 20.2 Å². The maximum Gasteiger partial charge on any atom is 0.409 e. The lowest BCUT2D eigenvalue weighted by Gasteiger charge is -2.28. The maximum atomic E-state index is 12.7. The van der Waals surface area contributed by atoms with Crippen LogP contribution in [0.3, 0.4) is 0 Å². The Kier molecular flexibility index (Phi) is 4.97. The van der Waals surface area contributed by atoms with Gasteiger partial charge in [-0.3, -0.25) is 9.78 Å². The van der Waals surface area contributed by atoms with Gasteiger partial charge in [-0.25, -0.2) is 4.79 Å². The van der Waals surface area contributed by atoms with Crippen molar-refractivity contribution in [3.8, 4) is 0 Å². The molecule has 1 aliphatic heterocycles. The van der Waals surface area contributed by atoms with E-state index in [4.69, 9.17) is 4.74 Å². The van der Waals surface area contributed by atoms with Crippen molar-refractivity contribution in [2.24, 2.45) is 0 Å². The number of hydrogen-bond donors (Lipinski definition) is 2. The van der Waals surface area contributed by atoms with Crippen LogP contribution in [0.15, 0.2) is 42.9 Å². The monoisotopic (exact) mass is 378 g/mol. The molecule has 4 rings (SSSR count). The summed E-state index contributed by atoms with van der Waals surface area (Å²) in [6, 6.07) is 8.12. The quantitative estimate of drug-likeness (QED) is 0.731. The van der Waals surface area contributed by atoms with Crippen molar-refractivity contribution in [3.63, 3.8) is 0 Å². The van der Waals surface area contributed by atoms with E-state index in [2.05, 4.69) is 21.4 Å². The predicted octanol–water partition coefficient (Wildman–Crippen LogP) is 2.66. The Morgan fingerprint density at radius 1 is 1.29 bits per heavy atom. The first-order valence-electron chi connectivity index (χ1n) is 9.29. The summed E-state index contributed by atoms with van der Waals surface area (Å²) >= 11 is 0. The SMILES string of the molecule is COC(=O)N1CCc2c(cncc2C(=O)NCCc2c[nH]c3ccccc23)C1. The Hall–Kier alpha value is -3.35. The van der Waals surface area contributed by atoms with Crippen LogP contribution < -0.4 is 5.32 Å². The number of benzene rings is 1. The number of amides is 2. The van der Waals surface area contributed by atoms with Gasteiger partial charge in [-0.2, -0.15) is 0 Å². The Morgan fingerprint density at radius 2 is 2.14 bits per heavy atom. The molecule has 1 aromatic carbocycles. The molecular formula is C21H22N4O3. The summed E-state index contributed by atoms with van der Waals surface area (Å²) in [4.78, 5) is 33.5. The van der Waals surface area contributed by atoms with E-state index in [0.717, 1.165) is 23.1 Å². The number of H-pyrrole nitrogens is 1. The smallest absolute Gasteiger partial charge is 0.409 e. The number of hydrogen-bond acceptors (Lipinski definition) is 4. The number of nitrogens with one attached hydrogen (secondary N) is 2. The minimum Gasteiger partial charge on any atom is -0.453 e. The zero-order chi connectivity index (χ0) is 19.5. The topological polar surface area (TPSA) is 87.3 Å². The van der Waals surface area contributed by atoms with Crippen LogP contribution in [0.4, 0.5) is 4.79 Å². The van der Waals surface area contributed by atoms with Crippen LogP contribution >= 0.6 is 0 Å². The lowest BCUT2D eigenvalue weighted by molar-refractivity contribution is 0.0951. The lowest BCUT2D eigenvalue weighted by Crippen LogP contribution is -2.37. The molecule has 2 amide bonds. The highest BCUT2D eigenvalue weighted by atomic mass is 16.5. The summed E-state index contributed by atoms with van der Waals surface area (Å²) in [6.07, 6.45) is 6.30. The number of carbonyl (C=O) groups is 2. The Labute approximate surface area is 162 Å². The van der Waals surface area contributed by atoms with Crippen LogP contribution in [0.2, 0.25) is 0 Å². The van der Waals surface area contributed by atoms with Crippen molar-refractivity contribution in [1.29, 1.82) is 0 Å². The molecule has 0 aliphatic carbocycles. The van der Waals surface area contributed by atoms with Gasteiger partial charge in [-0.15, -0.1) is 0 Å². The summed E-state index contributed by atoms with van der Waals surface area (Å²) in [5.41, 5.74) is 4.71. The van der Waals surface area contributed by atoms with Crippen LogP contribution in [0.1, 0.15) is 27.0 Å². The molecular weight excluding hydrogens is 356 g/mol. The van der Waals surface area contributed by atoms with E-state index < -0.39 is 0 Å². The van der Waals surface area contributed by atoms with Gasteiger partial charge in [0.15, 0.2) is 0 Å². The zero-order valence-corrected chi connectivity index (χ0v) is 15.7. The number of pyridine rings is 1. The van der Waals surface area contributed by atoms with Gasteiger partial charge in [0.1, 0.15) is 0 Å². The van der Waals surface area contributed by atoms with Crippen molar-refractivity contribution >= 4 is 22.9 Å². The van der Waals surface area contributed by atoms with E-state index in [1.54, 1.807) is 17.3 Å². The molecule has 0 saturated heterocycles. The number of aromatic amines is 1. The molecule has 144 valence electrons. The number of para-hydroxylation sites is 1. The van der Waals surface area contributed by atoms with E-state index in [1.807, 2.05) is 24.4 Å². The van der Waals surface area contributed by atoms with Crippen LogP contribution in [-0.2, 0) is 24.1 Å². The number of nitrogens with zero attached hydrogens (tertiary/aromatic N) is 2. The third-order valence-electron chi connectivity index (χ3n) is 5.17. The average molecular weight is 378 g/mol. The van der Waals surface area contributed by atoms with Crippen molar-refractivity contribution in [3.05, 3.63) is 65.1 Å². The molecule has 2 N–H and O–H groups in total. The van der Waals surface area contributed by atoms with Gasteiger partial charge in [-0.05, 0) is 35.6 Å². The first kappa shape index (κ1) is 18.0. The first-order valence-corrected chi connectivity index (χ1v) is 9.29. The van der Waals surface area contributed by atoms with E-state index >= 15 is 0 Å². The highest BCUT2D eigenvalue weighted by molar-refractivity contribution is 5.96. The van der Waals surface area contributed by atoms with Gasteiger partial charge >= 0.3 is 6.09 Å². The molecule has 0 fully saturated rings.